The Bertz CT molecular complexity index is 310. The number of phenolic OH excluding ortho intramolecular Hbond substituents is 1. The summed E-state index contributed by atoms with van der Waals surface area (Å²) in [4.78, 5) is 0. The molecular formula is C11H15N2O. The minimum absolute atomic E-state index is 0.237. The SMILES string of the molecule is C=CCNc1cc([CH]CN)ccc1O. The van der Waals surface area contributed by atoms with Gasteiger partial charge in [-0.15, -0.1) is 6.58 Å². The van der Waals surface area contributed by atoms with Gasteiger partial charge in [-0.1, -0.05) is 12.1 Å². The maximum absolute atomic E-state index is 9.49. The fourth-order valence-electron chi connectivity index (χ4n) is 1.14. The number of nitrogens with two attached hydrogens (primary N) is 1. The van der Waals surface area contributed by atoms with E-state index in [4.69, 9.17) is 5.73 Å². The standard InChI is InChI=1S/C11H15N2O/c1-2-7-13-10-8-9(5-6-12)3-4-11(10)14/h2-5,8,13-14H,1,6-7,12H2. The molecule has 0 fully saturated rings. The van der Waals surface area contributed by atoms with E-state index >= 15 is 0 Å². The minimum atomic E-state index is 0.237. The first-order valence-corrected chi connectivity index (χ1v) is 4.49. The van der Waals surface area contributed by atoms with E-state index in [1.165, 1.54) is 0 Å². The Morgan fingerprint density at radius 1 is 1.50 bits per heavy atom. The summed E-state index contributed by atoms with van der Waals surface area (Å²) in [7, 11) is 0. The molecule has 0 saturated carbocycles. The topological polar surface area (TPSA) is 58.3 Å². The quantitative estimate of drug-likeness (QED) is 0.488. The van der Waals surface area contributed by atoms with Crippen LogP contribution in [0.2, 0.25) is 0 Å². The van der Waals surface area contributed by atoms with Crippen LogP contribution in [0.25, 0.3) is 0 Å². The lowest BCUT2D eigenvalue weighted by atomic mass is 10.1. The van der Waals surface area contributed by atoms with E-state index in [1.807, 2.05) is 18.6 Å². The monoisotopic (exact) mass is 191 g/mol. The van der Waals surface area contributed by atoms with Gasteiger partial charge in [0, 0.05) is 13.0 Å². The van der Waals surface area contributed by atoms with Crippen LogP contribution < -0.4 is 11.1 Å². The summed E-state index contributed by atoms with van der Waals surface area (Å²) >= 11 is 0. The Hall–Kier alpha value is -1.48. The molecule has 1 aromatic carbocycles. The molecule has 0 atom stereocenters. The van der Waals surface area contributed by atoms with Crippen LogP contribution in [0.5, 0.6) is 5.75 Å². The Balaban J connectivity index is 2.78. The van der Waals surface area contributed by atoms with Gasteiger partial charge in [-0.25, -0.2) is 0 Å². The lowest BCUT2D eigenvalue weighted by molar-refractivity contribution is 0.477. The number of hydrogen-bond donors (Lipinski definition) is 3. The number of rotatable bonds is 5. The lowest BCUT2D eigenvalue weighted by Gasteiger charge is -2.08. The van der Waals surface area contributed by atoms with Crippen molar-refractivity contribution in [2.75, 3.05) is 18.4 Å². The molecule has 3 heteroatoms. The average molecular weight is 191 g/mol. The highest BCUT2D eigenvalue weighted by atomic mass is 16.3. The highest BCUT2D eigenvalue weighted by Crippen LogP contribution is 2.24. The smallest absolute Gasteiger partial charge is 0.138 e. The predicted octanol–water partition coefficient (Wildman–Crippen LogP) is 1.50. The van der Waals surface area contributed by atoms with Crippen LogP contribution in [0.1, 0.15) is 5.56 Å². The van der Waals surface area contributed by atoms with Gasteiger partial charge in [0.2, 0.25) is 0 Å². The summed E-state index contributed by atoms with van der Waals surface area (Å²) in [5.41, 5.74) is 7.09. The molecule has 75 valence electrons. The van der Waals surface area contributed by atoms with Crippen molar-refractivity contribution < 1.29 is 5.11 Å². The van der Waals surface area contributed by atoms with Crippen LogP contribution in [-0.4, -0.2) is 18.2 Å². The minimum Gasteiger partial charge on any atom is -0.506 e. The Morgan fingerprint density at radius 2 is 2.29 bits per heavy atom. The van der Waals surface area contributed by atoms with Gasteiger partial charge in [-0.05, 0) is 24.2 Å². The van der Waals surface area contributed by atoms with Crippen molar-refractivity contribution in [1.29, 1.82) is 0 Å². The van der Waals surface area contributed by atoms with E-state index in [0.29, 0.717) is 18.8 Å². The second-order valence-electron chi connectivity index (χ2n) is 2.89. The van der Waals surface area contributed by atoms with Crippen LogP contribution in [0.3, 0.4) is 0 Å². The maximum atomic E-state index is 9.49. The van der Waals surface area contributed by atoms with Crippen molar-refractivity contribution in [1.82, 2.24) is 0 Å². The largest absolute Gasteiger partial charge is 0.506 e. The van der Waals surface area contributed by atoms with Crippen molar-refractivity contribution in [3.8, 4) is 5.75 Å². The van der Waals surface area contributed by atoms with E-state index in [9.17, 15) is 5.11 Å². The molecule has 1 radical (unpaired) electrons. The van der Waals surface area contributed by atoms with E-state index in [1.54, 1.807) is 12.1 Å². The summed E-state index contributed by atoms with van der Waals surface area (Å²) < 4.78 is 0. The van der Waals surface area contributed by atoms with E-state index in [-0.39, 0.29) is 5.75 Å². The van der Waals surface area contributed by atoms with Crippen LogP contribution in [0, 0.1) is 6.42 Å². The van der Waals surface area contributed by atoms with Gasteiger partial charge in [-0.2, -0.15) is 0 Å². The van der Waals surface area contributed by atoms with Crippen molar-refractivity contribution >= 4 is 5.69 Å². The molecule has 0 aliphatic heterocycles. The molecule has 0 spiro atoms. The maximum Gasteiger partial charge on any atom is 0.138 e. The summed E-state index contributed by atoms with van der Waals surface area (Å²) in [5.74, 6) is 0.237. The van der Waals surface area contributed by atoms with Crippen molar-refractivity contribution in [3.63, 3.8) is 0 Å². The highest BCUT2D eigenvalue weighted by molar-refractivity contribution is 5.58. The number of nitrogens with one attached hydrogen (secondary N) is 1. The second kappa shape index (κ2) is 5.29. The van der Waals surface area contributed by atoms with Crippen molar-refractivity contribution in [2.45, 2.75) is 0 Å². The summed E-state index contributed by atoms with van der Waals surface area (Å²) in [6.45, 7) is 4.71. The van der Waals surface area contributed by atoms with E-state index in [0.717, 1.165) is 5.56 Å². The van der Waals surface area contributed by atoms with Crippen LogP contribution in [-0.2, 0) is 0 Å². The van der Waals surface area contributed by atoms with Gasteiger partial charge in [0.05, 0.1) is 5.69 Å². The predicted molar refractivity (Wildman–Crippen MR) is 59.2 cm³/mol. The first-order chi connectivity index (χ1) is 6.77. The molecule has 0 unspecified atom stereocenters. The molecule has 3 nitrogen and oxygen atoms in total. The number of anilines is 1. The lowest BCUT2D eigenvalue weighted by Crippen LogP contribution is -2.02. The molecule has 1 aromatic rings. The number of benzene rings is 1. The fourth-order valence-corrected chi connectivity index (χ4v) is 1.14. The van der Waals surface area contributed by atoms with Crippen LogP contribution in [0.15, 0.2) is 30.9 Å². The molecule has 0 aromatic heterocycles. The molecule has 0 bridgehead atoms. The van der Waals surface area contributed by atoms with Crippen LogP contribution in [0.4, 0.5) is 5.69 Å². The second-order valence-corrected chi connectivity index (χ2v) is 2.89. The molecule has 0 aliphatic carbocycles. The van der Waals surface area contributed by atoms with Gasteiger partial charge < -0.3 is 16.2 Å². The number of phenols is 1. The molecular weight excluding hydrogens is 176 g/mol. The van der Waals surface area contributed by atoms with Crippen molar-refractivity contribution in [2.24, 2.45) is 5.73 Å². The molecule has 1 rings (SSSR count). The normalized spacial score (nSPS) is 9.79. The van der Waals surface area contributed by atoms with Gasteiger partial charge in [0.1, 0.15) is 5.75 Å². The summed E-state index contributed by atoms with van der Waals surface area (Å²) in [6, 6.07) is 5.32. The van der Waals surface area contributed by atoms with E-state index in [2.05, 4.69) is 11.9 Å². The Labute approximate surface area is 84.3 Å². The van der Waals surface area contributed by atoms with Gasteiger partial charge >= 0.3 is 0 Å². The van der Waals surface area contributed by atoms with Crippen LogP contribution >= 0.6 is 0 Å². The molecule has 14 heavy (non-hydrogen) atoms. The molecule has 4 N–H and O–H groups in total. The number of aromatic hydroxyl groups is 1. The number of hydrogen-bond acceptors (Lipinski definition) is 3. The Morgan fingerprint density at radius 3 is 2.93 bits per heavy atom. The molecule has 0 aliphatic rings. The zero-order valence-corrected chi connectivity index (χ0v) is 8.03. The summed E-state index contributed by atoms with van der Waals surface area (Å²) in [6.07, 6.45) is 3.62. The third-order valence-corrected chi connectivity index (χ3v) is 1.81. The van der Waals surface area contributed by atoms with Gasteiger partial charge in [-0.3, -0.25) is 0 Å². The van der Waals surface area contributed by atoms with Crippen molar-refractivity contribution in [3.05, 3.63) is 42.8 Å². The van der Waals surface area contributed by atoms with Gasteiger partial charge in [0.15, 0.2) is 0 Å². The first kappa shape index (κ1) is 10.6. The Kier molecular flexibility index (Phi) is 4.01. The van der Waals surface area contributed by atoms with Gasteiger partial charge in [0.25, 0.3) is 0 Å². The first-order valence-electron chi connectivity index (χ1n) is 4.49. The molecule has 0 heterocycles. The zero-order chi connectivity index (χ0) is 10.4. The fraction of sp³-hybridized carbons (Fsp3) is 0.182. The summed E-state index contributed by atoms with van der Waals surface area (Å²) in [5, 5.41) is 12.5. The zero-order valence-electron chi connectivity index (χ0n) is 8.03. The average Bonchev–Trinajstić information content (AvgIpc) is 2.19. The molecule has 0 saturated heterocycles. The third kappa shape index (κ3) is 2.78. The molecule has 0 amide bonds. The third-order valence-electron chi connectivity index (χ3n) is 1.81. The highest BCUT2D eigenvalue weighted by Gasteiger charge is 2.00. The van der Waals surface area contributed by atoms with E-state index < -0.39 is 0 Å².